The van der Waals surface area contributed by atoms with E-state index >= 15 is 0 Å². The SMILES string of the molecule is Cc1ccc(N(C)C(CN)c2c(F)cccc2Cl)c(C)c1. The Labute approximate surface area is 130 Å². The van der Waals surface area contributed by atoms with E-state index in [0.29, 0.717) is 10.6 Å². The molecule has 0 saturated heterocycles. The van der Waals surface area contributed by atoms with Crippen molar-refractivity contribution < 1.29 is 4.39 Å². The molecule has 2 rings (SSSR count). The minimum absolute atomic E-state index is 0.282. The lowest BCUT2D eigenvalue weighted by molar-refractivity contribution is 0.572. The van der Waals surface area contributed by atoms with Crippen LogP contribution in [0.2, 0.25) is 5.02 Å². The number of halogens is 2. The van der Waals surface area contributed by atoms with E-state index < -0.39 is 0 Å². The molecule has 2 aromatic rings. The highest BCUT2D eigenvalue weighted by Crippen LogP contribution is 2.33. The van der Waals surface area contributed by atoms with Crippen LogP contribution >= 0.6 is 11.6 Å². The first-order valence-electron chi connectivity index (χ1n) is 6.89. The second-order valence-electron chi connectivity index (χ2n) is 5.29. The van der Waals surface area contributed by atoms with Crippen LogP contribution in [0.25, 0.3) is 0 Å². The predicted molar refractivity (Wildman–Crippen MR) is 87.5 cm³/mol. The number of hydrogen-bond donors (Lipinski definition) is 1. The molecule has 0 amide bonds. The van der Waals surface area contributed by atoms with Crippen molar-refractivity contribution >= 4 is 17.3 Å². The summed E-state index contributed by atoms with van der Waals surface area (Å²) >= 11 is 6.18. The second-order valence-corrected chi connectivity index (χ2v) is 5.69. The van der Waals surface area contributed by atoms with Crippen LogP contribution in [0.1, 0.15) is 22.7 Å². The number of nitrogens with zero attached hydrogens (tertiary/aromatic N) is 1. The molecule has 4 heteroatoms. The number of rotatable bonds is 4. The molecule has 0 aromatic heterocycles. The van der Waals surface area contributed by atoms with Gasteiger partial charge >= 0.3 is 0 Å². The number of anilines is 1. The highest BCUT2D eigenvalue weighted by Gasteiger charge is 2.23. The molecule has 0 spiro atoms. The van der Waals surface area contributed by atoms with Crippen molar-refractivity contribution in [2.24, 2.45) is 5.73 Å². The molecule has 1 unspecified atom stereocenters. The lowest BCUT2D eigenvalue weighted by Gasteiger charge is -2.31. The molecule has 112 valence electrons. The van der Waals surface area contributed by atoms with Crippen LogP contribution in [0.3, 0.4) is 0 Å². The Morgan fingerprint density at radius 2 is 1.95 bits per heavy atom. The molecule has 0 aliphatic rings. The van der Waals surface area contributed by atoms with E-state index in [1.165, 1.54) is 11.6 Å². The maximum atomic E-state index is 14.2. The summed E-state index contributed by atoms with van der Waals surface area (Å²) in [4.78, 5) is 1.99. The molecular formula is C17H20ClFN2. The summed E-state index contributed by atoms with van der Waals surface area (Å²) in [5.74, 6) is -0.324. The average molecular weight is 307 g/mol. The van der Waals surface area contributed by atoms with Crippen LogP contribution in [0.5, 0.6) is 0 Å². The molecule has 21 heavy (non-hydrogen) atoms. The van der Waals surface area contributed by atoms with Gasteiger partial charge in [-0.1, -0.05) is 35.4 Å². The number of aryl methyl sites for hydroxylation is 2. The molecule has 0 aliphatic carbocycles. The minimum Gasteiger partial charge on any atom is -0.366 e. The Morgan fingerprint density at radius 1 is 1.24 bits per heavy atom. The van der Waals surface area contributed by atoms with Gasteiger partial charge in [0.25, 0.3) is 0 Å². The van der Waals surface area contributed by atoms with Crippen LogP contribution in [0.15, 0.2) is 36.4 Å². The van der Waals surface area contributed by atoms with E-state index in [1.807, 2.05) is 37.9 Å². The number of likely N-dealkylation sites (N-methyl/N-ethyl adjacent to an activating group) is 1. The van der Waals surface area contributed by atoms with Gasteiger partial charge in [-0.15, -0.1) is 0 Å². The Hall–Kier alpha value is -1.58. The molecule has 2 nitrogen and oxygen atoms in total. The van der Waals surface area contributed by atoms with E-state index in [2.05, 4.69) is 6.07 Å². The number of benzene rings is 2. The van der Waals surface area contributed by atoms with E-state index in [4.69, 9.17) is 17.3 Å². The van der Waals surface area contributed by atoms with Crippen LogP contribution in [0, 0.1) is 19.7 Å². The summed E-state index contributed by atoms with van der Waals surface area (Å²) in [5, 5.41) is 0.405. The van der Waals surface area contributed by atoms with Gasteiger partial charge in [-0.3, -0.25) is 0 Å². The molecule has 2 N–H and O–H groups in total. The van der Waals surface area contributed by atoms with Gasteiger partial charge in [-0.2, -0.15) is 0 Å². The van der Waals surface area contributed by atoms with Crippen molar-refractivity contribution in [1.29, 1.82) is 0 Å². The Balaban J connectivity index is 2.46. The molecule has 0 bridgehead atoms. The standard InChI is InChI=1S/C17H20ClFN2/c1-11-7-8-15(12(2)9-11)21(3)16(10-20)17-13(18)5-4-6-14(17)19/h4-9,16H,10,20H2,1-3H3. The van der Waals surface area contributed by atoms with Crippen molar-refractivity contribution in [1.82, 2.24) is 0 Å². The molecule has 0 saturated carbocycles. The first-order chi connectivity index (χ1) is 9.95. The number of nitrogens with two attached hydrogens (primary N) is 1. The van der Waals surface area contributed by atoms with E-state index in [-0.39, 0.29) is 18.4 Å². The van der Waals surface area contributed by atoms with Gasteiger partial charge in [-0.25, -0.2) is 4.39 Å². The second kappa shape index (κ2) is 6.46. The Kier molecular flexibility index (Phi) is 4.86. The van der Waals surface area contributed by atoms with Crippen LogP contribution in [0.4, 0.5) is 10.1 Å². The molecule has 1 atom stereocenters. The normalized spacial score (nSPS) is 12.3. The van der Waals surface area contributed by atoms with Gasteiger partial charge in [0.05, 0.1) is 6.04 Å². The molecule has 2 aromatic carbocycles. The zero-order valence-electron chi connectivity index (χ0n) is 12.5. The summed E-state index contributed by atoms with van der Waals surface area (Å²) in [6, 6.07) is 10.6. The maximum Gasteiger partial charge on any atom is 0.130 e. The lowest BCUT2D eigenvalue weighted by atomic mass is 10.0. The van der Waals surface area contributed by atoms with Crippen molar-refractivity contribution in [3.8, 4) is 0 Å². The van der Waals surface area contributed by atoms with Crippen molar-refractivity contribution in [2.75, 3.05) is 18.5 Å². The molecule has 0 heterocycles. The Bertz CT molecular complexity index is 622. The van der Waals surface area contributed by atoms with Gasteiger partial charge in [0.1, 0.15) is 5.82 Å². The van der Waals surface area contributed by atoms with Gasteiger partial charge < -0.3 is 10.6 Å². The van der Waals surface area contributed by atoms with Crippen molar-refractivity contribution in [2.45, 2.75) is 19.9 Å². The van der Waals surface area contributed by atoms with Gasteiger partial charge in [0.2, 0.25) is 0 Å². The Morgan fingerprint density at radius 3 is 2.52 bits per heavy atom. The van der Waals surface area contributed by atoms with E-state index in [9.17, 15) is 4.39 Å². The van der Waals surface area contributed by atoms with Crippen molar-refractivity contribution in [3.63, 3.8) is 0 Å². The first kappa shape index (κ1) is 15.8. The summed E-state index contributed by atoms with van der Waals surface area (Å²) in [7, 11) is 1.91. The topological polar surface area (TPSA) is 29.3 Å². The quantitative estimate of drug-likeness (QED) is 0.916. The third kappa shape index (κ3) is 3.20. The van der Waals surface area contributed by atoms with E-state index in [1.54, 1.807) is 12.1 Å². The molecule has 0 radical (unpaired) electrons. The largest absolute Gasteiger partial charge is 0.366 e. The lowest BCUT2D eigenvalue weighted by Crippen LogP contribution is -2.31. The summed E-state index contributed by atoms with van der Waals surface area (Å²) < 4.78 is 14.2. The maximum absolute atomic E-state index is 14.2. The fraction of sp³-hybridized carbons (Fsp3) is 0.294. The summed E-state index contributed by atoms with van der Waals surface area (Å²) in [6.45, 7) is 4.37. The first-order valence-corrected chi connectivity index (χ1v) is 7.27. The van der Waals surface area contributed by atoms with E-state index in [0.717, 1.165) is 11.3 Å². The zero-order chi connectivity index (χ0) is 15.6. The van der Waals surface area contributed by atoms with Gasteiger partial charge in [0, 0.05) is 29.9 Å². The van der Waals surface area contributed by atoms with Crippen LogP contribution in [-0.2, 0) is 0 Å². The highest BCUT2D eigenvalue weighted by atomic mass is 35.5. The zero-order valence-corrected chi connectivity index (χ0v) is 13.3. The predicted octanol–water partition coefficient (Wildman–Crippen LogP) is 4.23. The third-order valence-electron chi connectivity index (χ3n) is 3.76. The summed E-state index contributed by atoms with van der Waals surface area (Å²) in [5.41, 5.74) is 9.69. The number of hydrogen-bond acceptors (Lipinski definition) is 2. The van der Waals surface area contributed by atoms with Gasteiger partial charge in [0.15, 0.2) is 0 Å². The highest BCUT2D eigenvalue weighted by molar-refractivity contribution is 6.31. The fourth-order valence-corrected chi connectivity index (χ4v) is 2.96. The summed E-state index contributed by atoms with van der Waals surface area (Å²) in [6.07, 6.45) is 0. The third-order valence-corrected chi connectivity index (χ3v) is 4.09. The van der Waals surface area contributed by atoms with Crippen LogP contribution in [-0.4, -0.2) is 13.6 Å². The van der Waals surface area contributed by atoms with Gasteiger partial charge in [-0.05, 0) is 37.6 Å². The molecular weight excluding hydrogens is 287 g/mol. The smallest absolute Gasteiger partial charge is 0.130 e. The monoisotopic (exact) mass is 306 g/mol. The van der Waals surface area contributed by atoms with Crippen molar-refractivity contribution in [3.05, 3.63) is 63.9 Å². The molecule has 0 fully saturated rings. The minimum atomic E-state index is -0.324. The average Bonchev–Trinajstić information content (AvgIpc) is 2.42. The fourth-order valence-electron chi connectivity index (χ4n) is 2.67. The van der Waals surface area contributed by atoms with Crippen LogP contribution < -0.4 is 10.6 Å². The molecule has 0 aliphatic heterocycles.